The van der Waals surface area contributed by atoms with Crippen molar-refractivity contribution in [2.75, 3.05) is 19.7 Å². The van der Waals surface area contributed by atoms with E-state index in [1.165, 1.54) is 12.1 Å². The predicted octanol–water partition coefficient (Wildman–Crippen LogP) is 5.94. The van der Waals surface area contributed by atoms with E-state index in [1.807, 2.05) is 0 Å². The Labute approximate surface area is 213 Å². The topological polar surface area (TPSA) is 49.8 Å². The lowest BCUT2D eigenvalue weighted by Crippen LogP contribution is -2.38. The van der Waals surface area contributed by atoms with Crippen molar-refractivity contribution in [3.63, 3.8) is 0 Å². The molecule has 5 rings (SSSR count). The molecule has 2 aliphatic carbocycles. The minimum atomic E-state index is -4.50. The van der Waals surface area contributed by atoms with Crippen LogP contribution in [0, 0.1) is 24.6 Å². The molecule has 5 atom stereocenters. The smallest absolute Gasteiger partial charge is 0.393 e. The van der Waals surface area contributed by atoms with Crippen LogP contribution in [0.2, 0.25) is 0 Å². The fourth-order valence-electron chi connectivity index (χ4n) is 6.41. The molecular formula is C29H31F4NO3. The highest BCUT2D eigenvalue weighted by molar-refractivity contribution is 5.92. The number of carbonyl (C=O) groups is 1. The molecule has 0 radical (unpaired) electrons. The van der Waals surface area contributed by atoms with Crippen molar-refractivity contribution in [3.8, 4) is 0 Å². The van der Waals surface area contributed by atoms with Crippen LogP contribution in [0.4, 0.5) is 17.6 Å². The van der Waals surface area contributed by atoms with Crippen LogP contribution in [0.3, 0.4) is 0 Å². The van der Waals surface area contributed by atoms with Crippen molar-refractivity contribution < 1.29 is 32.2 Å². The Morgan fingerprint density at radius 2 is 1.84 bits per heavy atom. The van der Waals surface area contributed by atoms with Crippen molar-refractivity contribution in [1.82, 2.24) is 4.90 Å². The van der Waals surface area contributed by atoms with E-state index in [0.29, 0.717) is 24.3 Å². The first-order chi connectivity index (χ1) is 17.6. The van der Waals surface area contributed by atoms with Gasteiger partial charge in [0.25, 0.3) is 0 Å². The van der Waals surface area contributed by atoms with Crippen LogP contribution in [-0.4, -0.2) is 41.6 Å². The maximum atomic E-state index is 13.8. The Balaban J connectivity index is 1.44. The number of fused-ring (bicyclic) bond motifs is 1. The molecule has 1 saturated carbocycles. The number of alkyl halides is 3. The number of hydrogen-bond acceptors (Lipinski definition) is 4. The van der Waals surface area contributed by atoms with Crippen molar-refractivity contribution in [3.05, 3.63) is 82.3 Å². The van der Waals surface area contributed by atoms with Gasteiger partial charge in [0.2, 0.25) is 0 Å². The monoisotopic (exact) mass is 517 g/mol. The van der Waals surface area contributed by atoms with Crippen LogP contribution in [0.15, 0.2) is 54.2 Å². The molecule has 0 spiro atoms. The van der Waals surface area contributed by atoms with E-state index in [-0.39, 0.29) is 35.1 Å². The van der Waals surface area contributed by atoms with Gasteiger partial charge in [0.1, 0.15) is 11.9 Å². The molecule has 8 heteroatoms. The summed E-state index contributed by atoms with van der Waals surface area (Å²) < 4.78 is 60.6. The SMILES string of the molecule is Cc1cc([C@H](CO)O[C@H]2CC[C@@H]3CN(C4=CC(=O)CC4)C[C@H]3[C@@H]2c2ccc(F)cc2)cc(C(F)(F)F)c1. The first kappa shape index (κ1) is 25.9. The van der Waals surface area contributed by atoms with Gasteiger partial charge in [-0.05, 0) is 73.4 Å². The fourth-order valence-corrected chi connectivity index (χ4v) is 6.41. The number of carbonyl (C=O) groups excluding carboxylic acids is 1. The number of rotatable bonds is 6. The summed E-state index contributed by atoms with van der Waals surface area (Å²) >= 11 is 0. The summed E-state index contributed by atoms with van der Waals surface area (Å²) in [7, 11) is 0. The van der Waals surface area contributed by atoms with Crippen LogP contribution in [0.5, 0.6) is 0 Å². The van der Waals surface area contributed by atoms with Gasteiger partial charge in [-0.1, -0.05) is 23.8 Å². The van der Waals surface area contributed by atoms with Crippen LogP contribution in [-0.2, 0) is 15.7 Å². The molecule has 1 saturated heterocycles. The van der Waals surface area contributed by atoms with Gasteiger partial charge in [-0.25, -0.2) is 4.39 Å². The molecule has 37 heavy (non-hydrogen) atoms. The summed E-state index contributed by atoms with van der Waals surface area (Å²) in [4.78, 5) is 14.1. The number of ether oxygens (including phenoxy) is 1. The Hall–Kier alpha value is -2.71. The molecule has 198 valence electrons. The number of ketones is 1. The summed E-state index contributed by atoms with van der Waals surface area (Å²) in [5.74, 6) is 0.202. The third-order valence-electron chi connectivity index (χ3n) is 8.10. The predicted molar refractivity (Wildman–Crippen MR) is 130 cm³/mol. The number of hydrogen-bond donors (Lipinski definition) is 1. The van der Waals surface area contributed by atoms with Gasteiger partial charge in [-0.3, -0.25) is 4.79 Å². The highest BCUT2D eigenvalue weighted by Crippen LogP contribution is 2.49. The van der Waals surface area contributed by atoms with Gasteiger partial charge in [-0.2, -0.15) is 13.2 Å². The lowest BCUT2D eigenvalue weighted by Gasteiger charge is -2.41. The summed E-state index contributed by atoms with van der Waals surface area (Å²) in [5.41, 5.74) is 1.93. The molecular weight excluding hydrogens is 486 g/mol. The van der Waals surface area contributed by atoms with Gasteiger partial charge < -0.3 is 14.7 Å². The molecule has 0 aromatic heterocycles. The molecule has 2 fully saturated rings. The maximum absolute atomic E-state index is 13.8. The van der Waals surface area contributed by atoms with E-state index in [1.54, 1.807) is 31.2 Å². The van der Waals surface area contributed by atoms with Gasteiger partial charge >= 0.3 is 6.18 Å². The lowest BCUT2D eigenvalue weighted by atomic mass is 9.69. The molecule has 0 amide bonds. The molecule has 2 aromatic rings. The molecule has 4 nitrogen and oxygen atoms in total. The Bertz CT molecular complexity index is 1180. The summed E-state index contributed by atoms with van der Waals surface area (Å²) in [6.45, 7) is 2.71. The van der Waals surface area contributed by atoms with Crippen LogP contribution >= 0.6 is 0 Å². The Morgan fingerprint density at radius 3 is 2.49 bits per heavy atom. The molecule has 3 aliphatic rings. The van der Waals surface area contributed by atoms with Crippen LogP contribution < -0.4 is 0 Å². The number of halogens is 4. The summed E-state index contributed by atoms with van der Waals surface area (Å²) in [5, 5.41) is 10.2. The minimum absolute atomic E-state index is 0.122. The van der Waals surface area contributed by atoms with E-state index in [0.717, 1.165) is 49.3 Å². The Morgan fingerprint density at radius 1 is 1.08 bits per heavy atom. The Kier molecular flexibility index (Phi) is 7.16. The molecule has 1 N–H and O–H groups in total. The molecule has 0 unspecified atom stereocenters. The quantitative estimate of drug-likeness (QED) is 0.482. The summed E-state index contributed by atoms with van der Waals surface area (Å²) in [6.07, 6.45) is -1.25. The zero-order valence-corrected chi connectivity index (χ0v) is 20.7. The van der Waals surface area contributed by atoms with E-state index in [2.05, 4.69) is 4.90 Å². The zero-order chi connectivity index (χ0) is 26.3. The number of aliphatic hydroxyl groups excluding tert-OH is 1. The molecule has 1 aliphatic heterocycles. The number of aryl methyl sites for hydroxylation is 1. The number of aliphatic hydroxyl groups is 1. The third kappa shape index (κ3) is 5.46. The van der Waals surface area contributed by atoms with Crippen molar-refractivity contribution >= 4 is 5.78 Å². The highest BCUT2D eigenvalue weighted by atomic mass is 19.4. The molecule has 1 heterocycles. The number of benzene rings is 2. The normalized spacial score (nSPS) is 26.8. The van der Waals surface area contributed by atoms with Gasteiger partial charge in [0.05, 0.1) is 18.3 Å². The standard InChI is InChI=1S/C29H31F4NO3/c1-17-10-20(12-21(11-17)29(31,32)33)27(16-35)37-26-9-4-19-14-34(23-7-8-24(36)13-23)15-25(19)28(26)18-2-5-22(30)6-3-18/h2-3,5-6,10-13,19,25-28,35H,4,7-9,14-16H2,1H3/t19-,25-,26+,27+,28+/m1/s1. The first-order valence-electron chi connectivity index (χ1n) is 12.8. The third-order valence-corrected chi connectivity index (χ3v) is 8.10. The molecule has 2 aromatic carbocycles. The van der Waals surface area contributed by atoms with E-state index < -0.39 is 24.5 Å². The maximum Gasteiger partial charge on any atom is 0.416 e. The number of likely N-dealkylation sites (tertiary alicyclic amines) is 1. The van der Waals surface area contributed by atoms with Crippen LogP contribution in [0.25, 0.3) is 0 Å². The largest absolute Gasteiger partial charge is 0.416 e. The second kappa shape index (κ2) is 10.2. The molecule has 0 bridgehead atoms. The van der Waals surface area contributed by atoms with Gasteiger partial charge in [-0.15, -0.1) is 0 Å². The highest BCUT2D eigenvalue weighted by Gasteiger charge is 2.47. The minimum Gasteiger partial charge on any atom is -0.393 e. The second-order valence-electron chi connectivity index (χ2n) is 10.6. The average molecular weight is 518 g/mol. The van der Waals surface area contributed by atoms with Crippen LogP contribution in [0.1, 0.15) is 60.0 Å². The first-order valence-corrected chi connectivity index (χ1v) is 12.8. The fraction of sp³-hybridized carbons (Fsp3) is 0.483. The van der Waals surface area contributed by atoms with Crippen molar-refractivity contribution in [2.45, 2.75) is 56.9 Å². The van der Waals surface area contributed by atoms with E-state index in [9.17, 15) is 27.5 Å². The van der Waals surface area contributed by atoms with E-state index >= 15 is 0 Å². The number of nitrogens with zero attached hydrogens (tertiary/aromatic N) is 1. The lowest BCUT2D eigenvalue weighted by molar-refractivity contribution is -0.137. The number of allylic oxidation sites excluding steroid dienone is 2. The van der Waals surface area contributed by atoms with Gasteiger partial charge in [0, 0.05) is 37.2 Å². The second-order valence-corrected chi connectivity index (χ2v) is 10.6. The average Bonchev–Trinajstić information content (AvgIpc) is 3.48. The zero-order valence-electron chi connectivity index (χ0n) is 20.7. The van der Waals surface area contributed by atoms with Crippen molar-refractivity contribution in [1.29, 1.82) is 0 Å². The van der Waals surface area contributed by atoms with E-state index in [4.69, 9.17) is 4.74 Å². The van der Waals surface area contributed by atoms with Crippen molar-refractivity contribution in [2.24, 2.45) is 11.8 Å². The van der Waals surface area contributed by atoms with Gasteiger partial charge in [0.15, 0.2) is 5.78 Å². The summed E-state index contributed by atoms with van der Waals surface area (Å²) in [6, 6.07) is 10.1.